The molecule has 0 spiro atoms. The van der Waals surface area contributed by atoms with Crippen molar-refractivity contribution in [1.82, 2.24) is 20.1 Å². The molecule has 2 aromatic rings. The Morgan fingerprint density at radius 1 is 1.21 bits per heavy atom. The maximum atomic E-state index is 14.3. The fourth-order valence-electron chi connectivity index (χ4n) is 3.89. The Labute approximate surface area is 169 Å². The van der Waals surface area contributed by atoms with Gasteiger partial charge in [-0.3, -0.25) is 9.36 Å². The van der Waals surface area contributed by atoms with Crippen LogP contribution in [0.15, 0.2) is 29.4 Å². The number of amides is 1. The molecular weight excluding hydrogens is 375 g/mol. The molecule has 5 nitrogen and oxygen atoms in total. The lowest BCUT2D eigenvalue weighted by Crippen LogP contribution is -2.44. The number of hydrogen-bond donors (Lipinski definition) is 1. The van der Waals surface area contributed by atoms with Crippen molar-refractivity contribution in [3.63, 3.8) is 0 Å². The number of hydrogen-bond acceptors (Lipinski definition) is 4. The average molecular weight is 403 g/mol. The predicted octanol–water partition coefficient (Wildman–Crippen LogP) is 4.59. The first kappa shape index (κ1) is 19.4. The number of carbonyl (C=O) groups is 1. The number of nitrogens with one attached hydrogen (secondary N) is 1. The Hall–Kier alpha value is -1.89. The zero-order valence-electron chi connectivity index (χ0n) is 16.4. The van der Waals surface area contributed by atoms with Gasteiger partial charge in [0.2, 0.25) is 5.91 Å². The molecule has 1 heterocycles. The minimum absolute atomic E-state index is 0.0431. The highest BCUT2D eigenvalue weighted by Crippen LogP contribution is 2.42. The molecule has 150 valence electrons. The molecule has 0 radical (unpaired) electrons. The molecule has 2 aliphatic carbocycles. The number of carbonyl (C=O) groups excluding carboxylic acids is 1. The van der Waals surface area contributed by atoms with Gasteiger partial charge in [-0.05, 0) is 50.7 Å². The molecule has 2 fully saturated rings. The molecule has 0 bridgehead atoms. The van der Waals surface area contributed by atoms with Crippen molar-refractivity contribution in [2.75, 3.05) is 0 Å². The van der Waals surface area contributed by atoms with Crippen LogP contribution in [0.5, 0.6) is 0 Å². The monoisotopic (exact) mass is 402 g/mol. The third kappa shape index (κ3) is 4.09. The summed E-state index contributed by atoms with van der Waals surface area (Å²) in [6.45, 7) is 4.12. The Bertz CT molecular complexity index is 851. The summed E-state index contributed by atoms with van der Waals surface area (Å²) in [6.07, 6.45) is 6.73. The van der Waals surface area contributed by atoms with E-state index in [1.165, 1.54) is 37.1 Å². The zero-order chi connectivity index (χ0) is 19.7. The van der Waals surface area contributed by atoms with Crippen molar-refractivity contribution >= 4 is 17.7 Å². The quantitative estimate of drug-likeness (QED) is 0.718. The Morgan fingerprint density at radius 2 is 1.96 bits per heavy atom. The van der Waals surface area contributed by atoms with E-state index in [0.29, 0.717) is 28.5 Å². The Kier molecular flexibility index (Phi) is 5.71. The van der Waals surface area contributed by atoms with Crippen LogP contribution in [0, 0.1) is 11.7 Å². The van der Waals surface area contributed by atoms with Gasteiger partial charge >= 0.3 is 0 Å². The maximum absolute atomic E-state index is 14.3. The molecular formula is C21H27FN4OS. The SMILES string of the molecule is C[C@@H](Sc1nnc(-c2ccccc2F)n1C1CC1)C(=O)N[C@@H]1CCCC[C@@H]1C. The van der Waals surface area contributed by atoms with Crippen molar-refractivity contribution < 1.29 is 9.18 Å². The summed E-state index contributed by atoms with van der Waals surface area (Å²) in [7, 11) is 0. The molecule has 1 aromatic heterocycles. The van der Waals surface area contributed by atoms with Gasteiger partial charge in [0.15, 0.2) is 11.0 Å². The van der Waals surface area contributed by atoms with Gasteiger partial charge in [-0.1, -0.05) is 43.7 Å². The molecule has 0 saturated heterocycles. The molecule has 7 heteroatoms. The number of halogens is 1. The van der Waals surface area contributed by atoms with Crippen LogP contribution in [0.25, 0.3) is 11.4 Å². The number of rotatable bonds is 6. The summed E-state index contributed by atoms with van der Waals surface area (Å²) in [4.78, 5) is 12.7. The second kappa shape index (κ2) is 8.23. The van der Waals surface area contributed by atoms with Crippen LogP contribution in [0.4, 0.5) is 4.39 Å². The van der Waals surface area contributed by atoms with Gasteiger partial charge in [0.25, 0.3) is 0 Å². The van der Waals surface area contributed by atoms with E-state index in [1.807, 2.05) is 11.5 Å². The summed E-state index contributed by atoms with van der Waals surface area (Å²) < 4.78 is 16.3. The minimum atomic E-state index is -0.301. The van der Waals surface area contributed by atoms with Gasteiger partial charge in [-0.15, -0.1) is 10.2 Å². The number of benzene rings is 1. The van der Waals surface area contributed by atoms with E-state index in [2.05, 4.69) is 22.4 Å². The first-order chi connectivity index (χ1) is 13.5. The van der Waals surface area contributed by atoms with E-state index in [1.54, 1.807) is 18.2 Å². The standard InChI is InChI=1S/C21H27FN4OS/c1-13-7-3-6-10-18(13)23-20(27)14(2)28-21-25-24-19(26(21)15-11-12-15)16-8-4-5-9-17(16)22/h4-5,8-9,13-15,18H,3,6-7,10-12H2,1-2H3,(H,23,27)/t13-,14+,18+/m0/s1. The molecule has 2 aliphatic rings. The molecule has 0 aliphatic heterocycles. The smallest absolute Gasteiger partial charge is 0.233 e. The first-order valence-electron chi connectivity index (χ1n) is 10.2. The van der Waals surface area contributed by atoms with Crippen LogP contribution >= 0.6 is 11.8 Å². The fraction of sp³-hybridized carbons (Fsp3) is 0.571. The summed E-state index contributed by atoms with van der Waals surface area (Å²) in [6, 6.07) is 7.20. The van der Waals surface area contributed by atoms with Crippen LogP contribution in [0.1, 0.15) is 58.4 Å². The largest absolute Gasteiger partial charge is 0.352 e. The number of thioether (sulfide) groups is 1. The van der Waals surface area contributed by atoms with Gasteiger partial charge in [0.05, 0.1) is 10.8 Å². The summed E-state index contributed by atoms with van der Waals surface area (Å²) in [5, 5.41) is 12.2. The van der Waals surface area contributed by atoms with Crippen LogP contribution in [0.3, 0.4) is 0 Å². The summed E-state index contributed by atoms with van der Waals surface area (Å²) in [5.74, 6) is 0.821. The van der Waals surface area contributed by atoms with E-state index < -0.39 is 0 Å². The third-order valence-corrected chi connectivity index (χ3v) is 6.84. The fourth-order valence-corrected chi connectivity index (χ4v) is 4.82. The van der Waals surface area contributed by atoms with Crippen molar-refractivity contribution in [2.45, 2.75) is 74.9 Å². The van der Waals surface area contributed by atoms with Crippen molar-refractivity contribution in [3.8, 4) is 11.4 Å². The van der Waals surface area contributed by atoms with Crippen LogP contribution in [-0.2, 0) is 4.79 Å². The topological polar surface area (TPSA) is 59.8 Å². The second-order valence-electron chi connectivity index (χ2n) is 8.02. The van der Waals surface area contributed by atoms with Crippen LogP contribution < -0.4 is 5.32 Å². The highest BCUT2D eigenvalue weighted by Gasteiger charge is 2.33. The van der Waals surface area contributed by atoms with Crippen LogP contribution in [0.2, 0.25) is 0 Å². The lowest BCUT2D eigenvalue weighted by molar-refractivity contribution is -0.121. The van der Waals surface area contributed by atoms with Gasteiger partial charge in [0.1, 0.15) is 5.82 Å². The normalized spacial score (nSPS) is 23.4. The first-order valence-corrected chi connectivity index (χ1v) is 11.1. The van der Waals surface area contributed by atoms with Crippen molar-refractivity contribution in [2.24, 2.45) is 5.92 Å². The maximum Gasteiger partial charge on any atom is 0.233 e. The lowest BCUT2D eigenvalue weighted by atomic mass is 9.86. The second-order valence-corrected chi connectivity index (χ2v) is 9.33. The number of aromatic nitrogens is 3. The third-order valence-electron chi connectivity index (χ3n) is 5.78. The molecule has 2 saturated carbocycles. The molecule has 3 atom stereocenters. The van der Waals surface area contributed by atoms with E-state index in [0.717, 1.165) is 19.3 Å². The average Bonchev–Trinajstić information content (AvgIpc) is 3.44. The van der Waals surface area contributed by atoms with Crippen LogP contribution in [-0.4, -0.2) is 32.0 Å². The molecule has 1 aromatic carbocycles. The Balaban J connectivity index is 1.50. The number of nitrogens with zero attached hydrogens (tertiary/aromatic N) is 3. The molecule has 1 N–H and O–H groups in total. The highest BCUT2D eigenvalue weighted by atomic mass is 32.2. The highest BCUT2D eigenvalue weighted by molar-refractivity contribution is 8.00. The lowest BCUT2D eigenvalue weighted by Gasteiger charge is -2.30. The molecule has 4 rings (SSSR count). The molecule has 0 unspecified atom stereocenters. The van der Waals surface area contributed by atoms with E-state index in [-0.39, 0.29) is 23.0 Å². The summed E-state index contributed by atoms with van der Waals surface area (Å²) >= 11 is 1.41. The van der Waals surface area contributed by atoms with Crippen molar-refractivity contribution in [3.05, 3.63) is 30.1 Å². The van der Waals surface area contributed by atoms with E-state index in [4.69, 9.17) is 0 Å². The Morgan fingerprint density at radius 3 is 2.68 bits per heavy atom. The van der Waals surface area contributed by atoms with Gasteiger partial charge < -0.3 is 5.32 Å². The summed E-state index contributed by atoms with van der Waals surface area (Å²) in [5.41, 5.74) is 0.460. The van der Waals surface area contributed by atoms with Gasteiger partial charge in [-0.25, -0.2) is 4.39 Å². The van der Waals surface area contributed by atoms with Gasteiger partial charge in [0, 0.05) is 12.1 Å². The van der Waals surface area contributed by atoms with Gasteiger partial charge in [-0.2, -0.15) is 0 Å². The van der Waals surface area contributed by atoms with E-state index >= 15 is 0 Å². The minimum Gasteiger partial charge on any atom is -0.352 e. The molecule has 28 heavy (non-hydrogen) atoms. The van der Waals surface area contributed by atoms with Crippen molar-refractivity contribution in [1.29, 1.82) is 0 Å². The zero-order valence-corrected chi connectivity index (χ0v) is 17.2. The predicted molar refractivity (Wildman–Crippen MR) is 109 cm³/mol. The molecule has 1 amide bonds. The van der Waals surface area contributed by atoms with E-state index in [9.17, 15) is 9.18 Å².